The van der Waals surface area contributed by atoms with Crippen molar-refractivity contribution < 1.29 is 19.5 Å². The van der Waals surface area contributed by atoms with Gasteiger partial charge in [-0.05, 0) is 42.9 Å². The Bertz CT molecular complexity index is 721. The van der Waals surface area contributed by atoms with Gasteiger partial charge >= 0.3 is 5.97 Å². The molecule has 5 heteroatoms. The molecule has 1 N–H and O–H groups in total. The van der Waals surface area contributed by atoms with Crippen LogP contribution in [-0.2, 0) is 9.59 Å². The van der Waals surface area contributed by atoms with Crippen LogP contribution in [0.1, 0.15) is 22.3 Å². The van der Waals surface area contributed by atoms with E-state index in [1.807, 2.05) is 12.2 Å². The molecule has 0 unspecified atom stereocenters. The van der Waals surface area contributed by atoms with Crippen molar-refractivity contribution in [3.8, 4) is 0 Å². The number of rotatable bonds is 2. The first-order valence-electron chi connectivity index (χ1n) is 7.39. The molecule has 22 heavy (non-hydrogen) atoms. The zero-order valence-electron chi connectivity index (χ0n) is 12.0. The molecule has 0 aromatic heterocycles. The van der Waals surface area contributed by atoms with Crippen molar-refractivity contribution in [1.29, 1.82) is 0 Å². The number of hydrogen-bond donors (Lipinski definition) is 1. The zero-order chi connectivity index (χ0) is 15.6. The number of aryl methyl sites for hydroxylation is 1. The van der Waals surface area contributed by atoms with E-state index in [9.17, 15) is 14.4 Å². The van der Waals surface area contributed by atoms with Gasteiger partial charge in [-0.1, -0.05) is 18.2 Å². The van der Waals surface area contributed by atoms with Crippen molar-refractivity contribution in [3.63, 3.8) is 0 Å². The predicted molar refractivity (Wildman–Crippen MR) is 78.3 cm³/mol. The van der Waals surface area contributed by atoms with Crippen LogP contribution in [0.15, 0.2) is 30.4 Å². The van der Waals surface area contributed by atoms with Crippen LogP contribution >= 0.6 is 0 Å². The second-order valence-electron chi connectivity index (χ2n) is 6.32. The minimum absolute atomic E-state index is 0.0827. The molecule has 0 spiro atoms. The lowest BCUT2D eigenvalue weighted by Gasteiger charge is -2.19. The number of aromatic carboxylic acids is 1. The zero-order valence-corrected chi connectivity index (χ0v) is 12.0. The standard InChI is InChI=1S/C17H15NO4/c1-8-2-3-11(17(21)22)7-12(8)18-15(19)13-9-4-5-10(6-9)14(13)16(18)20/h2-5,7,9-10,13-14H,6H2,1H3,(H,21,22)/t9-,10+,13-,14+. The van der Waals surface area contributed by atoms with Gasteiger partial charge in [0.2, 0.25) is 11.8 Å². The summed E-state index contributed by atoms with van der Waals surface area (Å²) in [5, 5.41) is 9.13. The molecule has 1 saturated carbocycles. The topological polar surface area (TPSA) is 74.7 Å². The van der Waals surface area contributed by atoms with Gasteiger partial charge in [0, 0.05) is 0 Å². The maximum absolute atomic E-state index is 12.7. The van der Waals surface area contributed by atoms with Gasteiger partial charge in [-0.2, -0.15) is 0 Å². The lowest BCUT2D eigenvalue weighted by atomic mass is 9.85. The average Bonchev–Trinajstić information content (AvgIpc) is 3.14. The maximum Gasteiger partial charge on any atom is 0.335 e. The minimum atomic E-state index is -1.07. The average molecular weight is 297 g/mol. The lowest BCUT2D eigenvalue weighted by Crippen LogP contribution is -2.33. The molecule has 2 fully saturated rings. The van der Waals surface area contributed by atoms with Crippen molar-refractivity contribution in [2.45, 2.75) is 13.3 Å². The second kappa shape index (κ2) is 4.29. The quantitative estimate of drug-likeness (QED) is 0.669. The van der Waals surface area contributed by atoms with Crippen LogP contribution < -0.4 is 4.90 Å². The van der Waals surface area contributed by atoms with Crippen molar-refractivity contribution in [2.24, 2.45) is 23.7 Å². The van der Waals surface area contributed by atoms with Crippen LogP contribution in [0.25, 0.3) is 0 Å². The van der Waals surface area contributed by atoms with E-state index in [1.165, 1.54) is 17.0 Å². The van der Waals surface area contributed by atoms with E-state index in [0.29, 0.717) is 5.69 Å². The van der Waals surface area contributed by atoms with Gasteiger partial charge in [-0.15, -0.1) is 0 Å². The van der Waals surface area contributed by atoms with Crippen LogP contribution in [-0.4, -0.2) is 22.9 Å². The third-order valence-electron chi connectivity index (χ3n) is 5.17. The monoisotopic (exact) mass is 297 g/mol. The van der Waals surface area contributed by atoms with Gasteiger partial charge in [0.1, 0.15) is 0 Å². The van der Waals surface area contributed by atoms with Crippen LogP contribution in [0.5, 0.6) is 0 Å². The Morgan fingerprint density at radius 3 is 2.27 bits per heavy atom. The van der Waals surface area contributed by atoms with Crippen LogP contribution in [0.4, 0.5) is 5.69 Å². The number of carboxylic acids is 1. The molecular weight excluding hydrogens is 282 g/mol. The summed E-state index contributed by atoms with van der Waals surface area (Å²) in [6.07, 6.45) is 4.97. The summed E-state index contributed by atoms with van der Waals surface area (Å²) in [6, 6.07) is 4.54. The number of amides is 2. The fourth-order valence-electron chi connectivity index (χ4n) is 4.12. The van der Waals surface area contributed by atoms with Crippen molar-refractivity contribution in [1.82, 2.24) is 0 Å². The van der Waals surface area contributed by atoms with Gasteiger partial charge in [-0.25, -0.2) is 9.69 Å². The number of fused-ring (bicyclic) bond motifs is 5. The van der Waals surface area contributed by atoms with Gasteiger partial charge < -0.3 is 5.11 Å². The molecule has 2 bridgehead atoms. The maximum atomic E-state index is 12.7. The Labute approximate surface area is 127 Å². The molecule has 112 valence electrons. The molecular formula is C17H15NO4. The highest BCUT2D eigenvalue weighted by Crippen LogP contribution is 2.53. The van der Waals surface area contributed by atoms with Gasteiger partial charge in [0.25, 0.3) is 0 Å². The predicted octanol–water partition coefficient (Wildman–Crippen LogP) is 2.00. The number of hydrogen-bond acceptors (Lipinski definition) is 3. The summed E-state index contributed by atoms with van der Waals surface area (Å²) in [6.45, 7) is 1.78. The molecule has 4 rings (SSSR count). The highest BCUT2D eigenvalue weighted by Gasteiger charge is 2.59. The Kier molecular flexibility index (Phi) is 2.58. The van der Waals surface area contributed by atoms with E-state index in [-0.39, 0.29) is 41.0 Å². The summed E-state index contributed by atoms with van der Waals surface area (Å²) in [4.78, 5) is 37.9. The van der Waals surface area contributed by atoms with Crippen molar-refractivity contribution >= 4 is 23.5 Å². The van der Waals surface area contributed by atoms with Gasteiger partial charge in [0.05, 0.1) is 23.1 Å². The number of imide groups is 1. The molecule has 2 amide bonds. The molecule has 1 aromatic rings. The normalized spacial score (nSPS) is 32.0. The van der Waals surface area contributed by atoms with Crippen molar-refractivity contribution in [3.05, 3.63) is 41.5 Å². The number of benzene rings is 1. The lowest BCUT2D eigenvalue weighted by molar-refractivity contribution is -0.123. The van der Waals surface area contributed by atoms with Crippen LogP contribution in [0.2, 0.25) is 0 Å². The Balaban J connectivity index is 1.79. The number of anilines is 1. The first-order chi connectivity index (χ1) is 10.5. The molecule has 0 radical (unpaired) electrons. The molecule has 1 heterocycles. The van der Waals surface area contributed by atoms with Crippen LogP contribution in [0.3, 0.4) is 0 Å². The van der Waals surface area contributed by atoms with E-state index in [4.69, 9.17) is 5.11 Å². The smallest absolute Gasteiger partial charge is 0.335 e. The molecule has 4 atom stereocenters. The fourth-order valence-corrected chi connectivity index (χ4v) is 4.12. The molecule has 2 aliphatic carbocycles. The number of allylic oxidation sites excluding steroid dienone is 2. The Morgan fingerprint density at radius 2 is 1.73 bits per heavy atom. The van der Waals surface area contributed by atoms with E-state index >= 15 is 0 Å². The Hall–Kier alpha value is -2.43. The number of nitrogens with zero attached hydrogens (tertiary/aromatic N) is 1. The molecule has 3 aliphatic rings. The SMILES string of the molecule is Cc1ccc(C(=O)O)cc1N1C(=O)[C@@H]2[C@H](C1=O)[C@@H]1C=C[C@H]2C1. The summed E-state index contributed by atoms with van der Waals surface area (Å²) >= 11 is 0. The van der Waals surface area contributed by atoms with E-state index in [2.05, 4.69) is 0 Å². The minimum Gasteiger partial charge on any atom is -0.478 e. The Morgan fingerprint density at radius 1 is 1.14 bits per heavy atom. The molecule has 1 saturated heterocycles. The van der Waals surface area contributed by atoms with Gasteiger partial charge in [-0.3, -0.25) is 9.59 Å². The molecule has 5 nitrogen and oxygen atoms in total. The number of carboxylic acid groups (broad SMARTS) is 1. The summed E-state index contributed by atoms with van der Waals surface area (Å²) in [5.41, 5.74) is 1.22. The van der Waals surface area contributed by atoms with E-state index < -0.39 is 5.97 Å². The van der Waals surface area contributed by atoms with Gasteiger partial charge in [0.15, 0.2) is 0 Å². The van der Waals surface area contributed by atoms with Crippen molar-refractivity contribution in [2.75, 3.05) is 4.90 Å². The highest BCUT2D eigenvalue weighted by atomic mass is 16.4. The summed E-state index contributed by atoms with van der Waals surface area (Å²) < 4.78 is 0. The summed E-state index contributed by atoms with van der Waals surface area (Å²) in [7, 11) is 0. The van der Waals surface area contributed by atoms with E-state index in [1.54, 1.807) is 13.0 Å². The molecule has 1 aliphatic heterocycles. The van der Waals surface area contributed by atoms with Crippen LogP contribution in [0, 0.1) is 30.6 Å². The van der Waals surface area contributed by atoms with E-state index in [0.717, 1.165) is 12.0 Å². The molecule has 1 aromatic carbocycles. The first-order valence-corrected chi connectivity index (χ1v) is 7.39. The second-order valence-corrected chi connectivity index (χ2v) is 6.32. The summed E-state index contributed by atoms with van der Waals surface area (Å²) in [5.74, 6) is -1.66. The number of carbonyl (C=O) groups is 3. The first kappa shape index (κ1) is 13.2. The largest absolute Gasteiger partial charge is 0.478 e. The fraction of sp³-hybridized carbons (Fsp3) is 0.353. The number of carbonyl (C=O) groups excluding carboxylic acids is 2. The third kappa shape index (κ3) is 1.56. The highest BCUT2D eigenvalue weighted by molar-refractivity contribution is 6.23. The third-order valence-corrected chi connectivity index (χ3v) is 5.17.